The molecule has 0 saturated carbocycles. The second kappa shape index (κ2) is 1.97. The summed E-state index contributed by atoms with van der Waals surface area (Å²) in [5.41, 5.74) is 0.611. The molecule has 1 heteroatoms. The van der Waals surface area contributed by atoms with E-state index in [1.54, 1.807) is 0 Å². The zero-order valence-corrected chi connectivity index (χ0v) is 7.06. The zero-order chi connectivity index (χ0) is 7.19. The molecule has 10 heavy (non-hydrogen) atoms. The van der Waals surface area contributed by atoms with E-state index in [0.29, 0.717) is 5.54 Å². The van der Waals surface area contributed by atoms with Gasteiger partial charge in [0.15, 0.2) is 0 Å². The van der Waals surface area contributed by atoms with Crippen LogP contribution in [0.3, 0.4) is 0 Å². The molecule has 0 N–H and O–H groups in total. The molecule has 1 nitrogen and oxygen atoms in total. The third-order valence-corrected chi connectivity index (χ3v) is 3.44. The van der Waals surface area contributed by atoms with E-state index in [4.69, 9.17) is 0 Å². The minimum absolute atomic E-state index is 0.611. The average Bonchev–Trinajstić information content (AvgIpc) is 2.35. The van der Waals surface area contributed by atoms with E-state index < -0.39 is 0 Å². The van der Waals surface area contributed by atoms with Crippen LogP contribution in [0.1, 0.15) is 39.5 Å². The Morgan fingerprint density at radius 1 is 1.40 bits per heavy atom. The molecule has 0 aliphatic carbocycles. The molecular formula is C9H17N. The molecule has 0 spiro atoms. The molecule has 0 radical (unpaired) electrons. The second-order valence-electron chi connectivity index (χ2n) is 4.18. The van der Waals surface area contributed by atoms with E-state index in [-0.39, 0.29) is 0 Å². The summed E-state index contributed by atoms with van der Waals surface area (Å²) in [7, 11) is 0. The maximum atomic E-state index is 2.70. The summed E-state index contributed by atoms with van der Waals surface area (Å²) < 4.78 is 0. The van der Waals surface area contributed by atoms with Gasteiger partial charge in [-0.2, -0.15) is 0 Å². The highest BCUT2D eigenvalue weighted by Gasteiger charge is 2.43. The van der Waals surface area contributed by atoms with Crippen LogP contribution in [0.15, 0.2) is 0 Å². The van der Waals surface area contributed by atoms with Crippen molar-refractivity contribution >= 4 is 0 Å². The van der Waals surface area contributed by atoms with E-state index in [9.17, 15) is 0 Å². The highest BCUT2D eigenvalue weighted by atomic mass is 15.3. The van der Waals surface area contributed by atoms with Gasteiger partial charge in [-0.25, -0.2) is 0 Å². The maximum Gasteiger partial charge on any atom is 0.0185 e. The van der Waals surface area contributed by atoms with Gasteiger partial charge in [-0.1, -0.05) is 0 Å². The maximum absolute atomic E-state index is 2.70. The largest absolute Gasteiger partial charge is 0.295 e. The molecule has 0 aromatic rings. The van der Waals surface area contributed by atoms with E-state index in [1.165, 1.54) is 32.2 Å². The Bertz CT molecular complexity index is 144. The van der Waals surface area contributed by atoms with Gasteiger partial charge in [0.05, 0.1) is 0 Å². The third-order valence-electron chi connectivity index (χ3n) is 3.44. The van der Waals surface area contributed by atoms with E-state index in [1.807, 2.05) is 0 Å². The Balaban J connectivity index is 2.19. The van der Waals surface area contributed by atoms with Crippen molar-refractivity contribution in [2.24, 2.45) is 0 Å². The van der Waals surface area contributed by atoms with Gasteiger partial charge in [0.1, 0.15) is 0 Å². The molecule has 2 rings (SSSR count). The van der Waals surface area contributed by atoms with Crippen molar-refractivity contribution in [3.63, 3.8) is 0 Å². The molecule has 2 unspecified atom stereocenters. The van der Waals surface area contributed by atoms with Gasteiger partial charge in [-0.05, 0) is 46.1 Å². The first-order chi connectivity index (χ1) is 4.72. The third kappa shape index (κ3) is 0.731. The van der Waals surface area contributed by atoms with Crippen molar-refractivity contribution in [2.75, 3.05) is 6.54 Å². The number of nitrogens with zero attached hydrogens (tertiary/aromatic N) is 1. The first-order valence-corrected chi connectivity index (χ1v) is 4.49. The summed E-state index contributed by atoms with van der Waals surface area (Å²) in [6.07, 6.45) is 5.74. The standard InChI is InChI=1S/C9H17N/c1-8-4-6-9(2)5-3-7-10(8)9/h8H,3-7H2,1-2H3. The number of hydrogen-bond acceptors (Lipinski definition) is 1. The molecule has 2 saturated heterocycles. The SMILES string of the molecule is CC1CCC2(C)CCCN12. The van der Waals surface area contributed by atoms with E-state index >= 15 is 0 Å². The lowest BCUT2D eigenvalue weighted by atomic mass is 9.97. The van der Waals surface area contributed by atoms with Gasteiger partial charge in [0.2, 0.25) is 0 Å². The minimum atomic E-state index is 0.611. The van der Waals surface area contributed by atoms with Crippen LogP contribution in [0, 0.1) is 0 Å². The Morgan fingerprint density at radius 3 is 2.90 bits per heavy atom. The van der Waals surface area contributed by atoms with Crippen LogP contribution in [-0.2, 0) is 0 Å². The minimum Gasteiger partial charge on any atom is -0.295 e. The molecule has 0 bridgehead atoms. The first-order valence-electron chi connectivity index (χ1n) is 4.49. The van der Waals surface area contributed by atoms with Gasteiger partial charge in [0.25, 0.3) is 0 Å². The topological polar surface area (TPSA) is 3.24 Å². The molecule has 0 aromatic carbocycles. The van der Waals surface area contributed by atoms with E-state index in [0.717, 1.165) is 6.04 Å². The molecule has 2 fully saturated rings. The molecule has 58 valence electrons. The predicted octanol–water partition coefficient (Wildman–Crippen LogP) is 2.02. The summed E-state index contributed by atoms with van der Waals surface area (Å²) in [5.74, 6) is 0. The van der Waals surface area contributed by atoms with Crippen molar-refractivity contribution in [1.82, 2.24) is 4.90 Å². The van der Waals surface area contributed by atoms with Crippen LogP contribution in [0.5, 0.6) is 0 Å². The molecule has 0 amide bonds. The van der Waals surface area contributed by atoms with Crippen molar-refractivity contribution in [3.05, 3.63) is 0 Å². The van der Waals surface area contributed by atoms with Gasteiger partial charge in [0, 0.05) is 11.6 Å². The summed E-state index contributed by atoms with van der Waals surface area (Å²) in [6.45, 7) is 6.16. The summed E-state index contributed by atoms with van der Waals surface area (Å²) in [4.78, 5) is 2.70. The van der Waals surface area contributed by atoms with Crippen molar-refractivity contribution in [2.45, 2.75) is 51.1 Å². The van der Waals surface area contributed by atoms with Crippen LogP contribution in [-0.4, -0.2) is 23.0 Å². The number of fused-ring (bicyclic) bond motifs is 1. The van der Waals surface area contributed by atoms with E-state index in [2.05, 4.69) is 18.7 Å². The fourth-order valence-electron chi connectivity index (χ4n) is 2.74. The van der Waals surface area contributed by atoms with Crippen LogP contribution in [0.25, 0.3) is 0 Å². The Hall–Kier alpha value is -0.0400. The Morgan fingerprint density at radius 2 is 2.20 bits per heavy atom. The molecule has 2 atom stereocenters. The lowest BCUT2D eigenvalue weighted by molar-refractivity contribution is 0.176. The highest BCUT2D eigenvalue weighted by Crippen LogP contribution is 2.41. The molecule has 0 aromatic heterocycles. The van der Waals surface area contributed by atoms with Crippen molar-refractivity contribution < 1.29 is 0 Å². The molecule has 2 aliphatic rings. The monoisotopic (exact) mass is 139 g/mol. The molecule has 2 heterocycles. The fraction of sp³-hybridized carbons (Fsp3) is 1.00. The highest BCUT2D eigenvalue weighted by molar-refractivity contribution is 4.99. The number of hydrogen-bond donors (Lipinski definition) is 0. The van der Waals surface area contributed by atoms with Gasteiger partial charge in [-0.15, -0.1) is 0 Å². The van der Waals surface area contributed by atoms with Crippen LogP contribution < -0.4 is 0 Å². The lowest BCUT2D eigenvalue weighted by Gasteiger charge is -2.29. The predicted molar refractivity (Wildman–Crippen MR) is 43.0 cm³/mol. The summed E-state index contributed by atoms with van der Waals surface area (Å²) in [6, 6.07) is 0.868. The quantitative estimate of drug-likeness (QED) is 0.496. The van der Waals surface area contributed by atoms with Crippen LogP contribution >= 0.6 is 0 Å². The Kier molecular flexibility index (Phi) is 1.31. The van der Waals surface area contributed by atoms with Crippen LogP contribution in [0.2, 0.25) is 0 Å². The molecule has 2 aliphatic heterocycles. The zero-order valence-electron chi connectivity index (χ0n) is 7.06. The fourth-order valence-corrected chi connectivity index (χ4v) is 2.74. The van der Waals surface area contributed by atoms with Gasteiger partial charge >= 0.3 is 0 Å². The van der Waals surface area contributed by atoms with Crippen LogP contribution in [0.4, 0.5) is 0 Å². The molecular weight excluding hydrogens is 122 g/mol. The van der Waals surface area contributed by atoms with Crippen molar-refractivity contribution in [3.8, 4) is 0 Å². The Labute approximate surface area is 63.4 Å². The second-order valence-corrected chi connectivity index (χ2v) is 4.18. The van der Waals surface area contributed by atoms with Gasteiger partial charge < -0.3 is 0 Å². The summed E-state index contributed by atoms with van der Waals surface area (Å²) in [5, 5.41) is 0. The van der Waals surface area contributed by atoms with Crippen molar-refractivity contribution in [1.29, 1.82) is 0 Å². The summed E-state index contributed by atoms with van der Waals surface area (Å²) >= 11 is 0. The number of rotatable bonds is 0. The lowest BCUT2D eigenvalue weighted by Crippen LogP contribution is -2.38. The smallest absolute Gasteiger partial charge is 0.0185 e. The van der Waals surface area contributed by atoms with Gasteiger partial charge in [-0.3, -0.25) is 4.90 Å². The normalized spacial score (nSPS) is 48.0. The first kappa shape index (κ1) is 6.66. The average molecular weight is 139 g/mol.